The van der Waals surface area contributed by atoms with Crippen LogP contribution in [0.15, 0.2) is 48.5 Å². The number of hydrogen-bond acceptors (Lipinski definition) is 4. The van der Waals surface area contributed by atoms with Crippen molar-refractivity contribution < 1.29 is 4.74 Å². The number of para-hydroxylation sites is 1. The summed E-state index contributed by atoms with van der Waals surface area (Å²) in [5.41, 5.74) is 10.6. The van der Waals surface area contributed by atoms with Crippen LogP contribution in [0, 0.1) is 12.8 Å². The van der Waals surface area contributed by atoms with Gasteiger partial charge in [0.15, 0.2) is 0 Å². The van der Waals surface area contributed by atoms with Crippen molar-refractivity contribution in [1.82, 2.24) is 4.98 Å². The number of hydrogen-bond donors (Lipinski definition) is 2. The maximum Gasteiger partial charge on any atom is 0.119 e. The summed E-state index contributed by atoms with van der Waals surface area (Å²) < 4.78 is 6.00. The number of aromatic nitrogens is 1. The van der Waals surface area contributed by atoms with Crippen LogP contribution in [0.3, 0.4) is 0 Å². The number of nitrogen functional groups attached to an aromatic ring is 1. The summed E-state index contributed by atoms with van der Waals surface area (Å²) in [6.07, 6.45) is 6.68. The van der Waals surface area contributed by atoms with Crippen molar-refractivity contribution in [2.75, 3.05) is 17.7 Å². The fourth-order valence-corrected chi connectivity index (χ4v) is 3.86. The SMILES string of the molecule is Cc1cc(Nc2ccc(OCC3CCCCC3)cc2)c2cccc(N)c2n1.Cl. The smallest absolute Gasteiger partial charge is 0.119 e. The molecule has 4 rings (SSSR count). The number of nitrogens with two attached hydrogens (primary N) is 1. The highest BCUT2D eigenvalue weighted by atomic mass is 35.5. The first-order chi connectivity index (χ1) is 13.2. The van der Waals surface area contributed by atoms with Crippen LogP contribution < -0.4 is 15.8 Å². The first-order valence-corrected chi connectivity index (χ1v) is 9.85. The normalized spacial score (nSPS) is 14.5. The minimum Gasteiger partial charge on any atom is -0.493 e. The molecule has 2 aromatic carbocycles. The van der Waals surface area contributed by atoms with E-state index >= 15 is 0 Å². The van der Waals surface area contributed by atoms with Crippen LogP contribution in [0.1, 0.15) is 37.8 Å². The Morgan fingerprint density at radius 2 is 1.82 bits per heavy atom. The monoisotopic (exact) mass is 397 g/mol. The molecule has 0 aliphatic heterocycles. The van der Waals surface area contributed by atoms with Crippen LogP contribution in [-0.2, 0) is 0 Å². The minimum absolute atomic E-state index is 0. The van der Waals surface area contributed by atoms with Crippen molar-refractivity contribution in [2.24, 2.45) is 5.92 Å². The lowest BCUT2D eigenvalue weighted by Crippen LogP contribution is -2.15. The van der Waals surface area contributed by atoms with Crippen LogP contribution in [-0.4, -0.2) is 11.6 Å². The zero-order valence-corrected chi connectivity index (χ0v) is 17.1. The Bertz CT molecular complexity index is 921. The Labute approximate surface area is 172 Å². The van der Waals surface area contributed by atoms with Crippen LogP contribution in [0.25, 0.3) is 10.9 Å². The average molecular weight is 398 g/mol. The van der Waals surface area contributed by atoms with Gasteiger partial charge in [-0.25, -0.2) is 0 Å². The van der Waals surface area contributed by atoms with Crippen molar-refractivity contribution in [3.05, 3.63) is 54.2 Å². The zero-order chi connectivity index (χ0) is 18.6. The van der Waals surface area contributed by atoms with Crippen molar-refractivity contribution >= 4 is 40.4 Å². The lowest BCUT2D eigenvalue weighted by Gasteiger charge is -2.21. The summed E-state index contributed by atoms with van der Waals surface area (Å²) >= 11 is 0. The van der Waals surface area contributed by atoms with E-state index in [-0.39, 0.29) is 12.4 Å². The standard InChI is InChI=1S/C23H27N3O.ClH/c1-16-14-22(20-8-5-9-21(24)23(20)25-16)26-18-10-12-19(13-11-18)27-15-17-6-3-2-4-7-17;/h5,8-14,17H,2-4,6-7,15,24H2,1H3,(H,25,26);1H. The Balaban J connectivity index is 0.00000225. The zero-order valence-electron chi connectivity index (χ0n) is 16.3. The summed E-state index contributed by atoms with van der Waals surface area (Å²) in [5.74, 6) is 1.65. The first-order valence-electron chi connectivity index (χ1n) is 9.85. The summed E-state index contributed by atoms with van der Waals surface area (Å²) in [7, 11) is 0. The first kappa shape index (κ1) is 20.3. The molecule has 1 aliphatic rings. The number of rotatable bonds is 5. The second-order valence-electron chi connectivity index (χ2n) is 7.52. The number of anilines is 3. The fourth-order valence-electron chi connectivity index (χ4n) is 3.86. The van der Waals surface area contributed by atoms with E-state index in [1.54, 1.807) is 0 Å². The van der Waals surface area contributed by atoms with Gasteiger partial charge in [0.1, 0.15) is 5.75 Å². The van der Waals surface area contributed by atoms with Gasteiger partial charge < -0.3 is 15.8 Å². The molecule has 0 amide bonds. The number of aryl methyl sites for hydroxylation is 1. The van der Waals surface area contributed by atoms with Gasteiger partial charge >= 0.3 is 0 Å². The number of nitrogens with zero attached hydrogens (tertiary/aromatic N) is 1. The Kier molecular flexibility index (Phi) is 6.63. The molecule has 3 N–H and O–H groups in total. The maximum absolute atomic E-state index is 6.10. The number of pyridine rings is 1. The van der Waals surface area contributed by atoms with Crippen LogP contribution in [0.5, 0.6) is 5.75 Å². The van der Waals surface area contributed by atoms with E-state index in [1.807, 2.05) is 37.3 Å². The van der Waals surface area contributed by atoms with Gasteiger partial charge in [-0.3, -0.25) is 4.98 Å². The van der Waals surface area contributed by atoms with Crippen LogP contribution in [0.2, 0.25) is 0 Å². The van der Waals surface area contributed by atoms with E-state index in [2.05, 4.69) is 28.5 Å². The van der Waals surface area contributed by atoms with Crippen molar-refractivity contribution in [1.29, 1.82) is 0 Å². The summed E-state index contributed by atoms with van der Waals surface area (Å²) in [6, 6.07) is 16.1. The second-order valence-corrected chi connectivity index (χ2v) is 7.52. The van der Waals surface area contributed by atoms with Gasteiger partial charge in [0, 0.05) is 22.5 Å². The molecular weight excluding hydrogens is 370 g/mol. The molecule has 1 heterocycles. The summed E-state index contributed by atoms with van der Waals surface area (Å²) in [4.78, 5) is 4.58. The molecule has 4 nitrogen and oxygen atoms in total. The van der Waals surface area contributed by atoms with E-state index in [0.717, 1.165) is 40.3 Å². The van der Waals surface area contributed by atoms with E-state index in [9.17, 15) is 0 Å². The molecular formula is C23H28ClN3O. The number of benzene rings is 2. The van der Waals surface area contributed by atoms with Gasteiger partial charge in [0.2, 0.25) is 0 Å². The summed E-state index contributed by atoms with van der Waals surface area (Å²) in [5, 5.41) is 4.52. The van der Waals surface area contributed by atoms with E-state index < -0.39 is 0 Å². The van der Waals surface area contributed by atoms with Crippen molar-refractivity contribution in [3.8, 4) is 5.75 Å². The fraction of sp³-hybridized carbons (Fsp3) is 0.348. The molecule has 1 fully saturated rings. The molecule has 1 saturated carbocycles. The van der Waals surface area contributed by atoms with Crippen LogP contribution >= 0.6 is 12.4 Å². The Morgan fingerprint density at radius 3 is 2.57 bits per heavy atom. The van der Waals surface area contributed by atoms with Crippen LogP contribution in [0.4, 0.5) is 17.1 Å². The molecule has 0 saturated heterocycles. The number of nitrogens with one attached hydrogen (secondary N) is 1. The third kappa shape index (κ3) is 4.68. The number of fused-ring (bicyclic) bond motifs is 1. The third-order valence-electron chi connectivity index (χ3n) is 5.34. The van der Waals surface area contributed by atoms with Gasteiger partial charge in [-0.1, -0.05) is 31.4 Å². The molecule has 28 heavy (non-hydrogen) atoms. The lowest BCUT2D eigenvalue weighted by molar-refractivity contribution is 0.209. The van der Waals surface area contributed by atoms with E-state index in [4.69, 9.17) is 10.5 Å². The summed E-state index contributed by atoms with van der Waals surface area (Å²) in [6.45, 7) is 2.82. The molecule has 5 heteroatoms. The molecule has 3 aromatic rings. The predicted octanol–water partition coefficient (Wildman–Crippen LogP) is 6.25. The highest BCUT2D eigenvalue weighted by Gasteiger charge is 2.14. The van der Waals surface area contributed by atoms with Gasteiger partial charge in [-0.05, 0) is 62.1 Å². The highest BCUT2D eigenvalue weighted by Crippen LogP contribution is 2.30. The molecule has 1 aromatic heterocycles. The Morgan fingerprint density at radius 1 is 1.07 bits per heavy atom. The van der Waals surface area contributed by atoms with Crippen molar-refractivity contribution in [2.45, 2.75) is 39.0 Å². The molecule has 0 bridgehead atoms. The quantitative estimate of drug-likeness (QED) is 0.499. The van der Waals surface area contributed by atoms with Gasteiger partial charge in [-0.2, -0.15) is 0 Å². The predicted molar refractivity (Wildman–Crippen MR) is 120 cm³/mol. The Hall–Kier alpha value is -2.46. The molecule has 148 valence electrons. The second kappa shape index (κ2) is 9.16. The van der Waals surface area contributed by atoms with Crippen molar-refractivity contribution in [3.63, 3.8) is 0 Å². The number of halogens is 1. The topological polar surface area (TPSA) is 60.2 Å². The van der Waals surface area contributed by atoms with E-state index in [1.165, 1.54) is 32.1 Å². The van der Waals surface area contributed by atoms with Gasteiger partial charge in [0.25, 0.3) is 0 Å². The number of ether oxygens (including phenoxy) is 1. The third-order valence-corrected chi connectivity index (χ3v) is 5.34. The molecule has 0 spiro atoms. The molecule has 0 radical (unpaired) electrons. The molecule has 0 unspecified atom stereocenters. The largest absolute Gasteiger partial charge is 0.493 e. The minimum atomic E-state index is 0. The molecule has 0 atom stereocenters. The maximum atomic E-state index is 6.10. The van der Waals surface area contributed by atoms with E-state index in [0.29, 0.717) is 11.6 Å². The molecule has 1 aliphatic carbocycles. The van der Waals surface area contributed by atoms with Gasteiger partial charge in [0.05, 0.1) is 17.8 Å². The average Bonchev–Trinajstić information content (AvgIpc) is 2.69. The highest BCUT2D eigenvalue weighted by molar-refractivity contribution is 5.99. The lowest BCUT2D eigenvalue weighted by atomic mass is 9.90. The van der Waals surface area contributed by atoms with Gasteiger partial charge in [-0.15, -0.1) is 12.4 Å².